The maximum Gasteiger partial charge on any atom is 0.304 e. The summed E-state index contributed by atoms with van der Waals surface area (Å²) in [6, 6.07) is -0.576. The number of β-amino-alcohol motifs (C(OH)–C–C–N with tert-alkyl or cyclic N) is 1. The first kappa shape index (κ1) is 16.4. The molecule has 2 atom stereocenters. The first-order chi connectivity index (χ1) is 8.84. The van der Waals surface area contributed by atoms with Crippen LogP contribution in [0.4, 0.5) is 0 Å². The molecule has 0 bridgehead atoms. The van der Waals surface area contributed by atoms with Crippen molar-refractivity contribution in [2.24, 2.45) is 0 Å². The Morgan fingerprint density at radius 1 is 1.53 bits per heavy atom. The highest BCUT2D eigenvalue weighted by Crippen LogP contribution is 2.15. The van der Waals surface area contributed by atoms with Crippen molar-refractivity contribution < 1.29 is 28.2 Å². The Labute approximate surface area is 113 Å². The van der Waals surface area contributed by atoms with Crippen LogP contribution in [-0.4, -0.2) is 79.5 Å². The number of nitrogens with zero attached hydrogens (tertiary/aromatic N) is 1. The summed E-state index contributed by atoms with van der Waals surface area (Å²) in [6.45, 7) is 2.95. The van der Waals surface area contributed by atoms with Crippen LogP contribution >= 0.6 is 0 Å². The quantitative estimate of drug-likeness (QED) is 0.618. The summed E-state index contributed by atoms with van der Waals surface area (Å²) in [6.07, 6.45) is -0.974. The van der Waals surface area contributed by atoms with Crippen LogP contribution in [-0.2, 0) is 19.4 Å². The first-order valence-electron chi connectivity index (χ1n) is 6.26. The molecule has 2 N–H and O–H groups in total. The van der Waals surface area contributed by atoms with Gasteiger partial charge >= 0.3 is 5.97 Å². The lowest BCUT2D eigenvalue weighted by Gasteiger charge is -2.35. The van der Waals surface area contributed by atoms with Gasteiger partial charge in [0.1, 0.15) is 0 Å². The molecule has 1 fully saturated rings. The summed E-state index contributed by atoms with van der Waals surface area (Å²) >= 11 is 0. The molecule has 0 aromatic carbocycles. The van der Waals surface area contributed by atoms with Gasteiger partial charge in [0.2, 0.25) is 0 Å². The van der Waals surface area contributed by atoms with E-state index in [1.54, 1.807) is 4.90 Å². The van der Waals surface area contributed by atoms with Gasteiger partial charge in [0.05, 0.1) is 30.6 Å². The number of aliphatic carboxylic acids is 1. The Hall–Kier alpha value is -0.700. The molecule has 0 saturated carbocycles. The van der Waals surface area contributed by atoms with Gasteiger partial charge < -0.3 is 14.9 Å². The van der Waals surface area contributed by atoms with Gasteiger partial charge in [0.25, 0.3) is 0 Å². The van der Waals surface area contributed by atoms with Crippen molar-refractivity contribution in [3.05, 3.63) is 0 Å². The highest BCUT2D eigenvalue weighted by Gasteiger charge is 2.33. The maximum absolute atomic E-state index is 11.5. The van der Waals surface area contributed by atoms with E-state index >= 15 is 0 Å². The molecule has 19 heavy (non-hydrogen) atoms. The van der Waals surface area contributed by atoms with Crippen molar-refractivity contribution in [3.8, 4) is 0 Å². The van der Waals surface area contributed by atoms with E-state index in [-0.39, 0.29) is 37.6 Å². The van der Waals surface area contributed by atoms with Gasteiger partial charge in [-0.2, -0.15) is 0 Å². The largest absolute Gasteiger partial charge is 0.481 e. The van der Waals surface area contributed by atoms with Crippen molar-refractivity contribution in [1.82, 2.24) is 4.90 Å². The number of carbonyl (C=O) groups is 1. The van der Waals surface area contributed by atoms with E-state index in [4.69, 9.17) is 9.84 Å². The van der Waals surface area contributed by atoms with E-state index in [1.165, 1.54) is 0 Å². The van der Waals surface area contributed by atoms with Gasteiger partial charge in [-0.15, -0.1) is 0 Å². The van der Waals surface area contributed by atoms with Crippen molar-refractivity contribution >= 4 is 15.8 Å². The van der Waals surface area contributed by atoms with Gasteiger partial charge in [-0.05, 0) is 6.92 Å². The molecule has 1 heterocycles. The molecule has 7 nitrogen and oxygen atoms in total. The number of hydrogen-bond acceptors (Lipinski definition) is 6. The van der Waals surface area contributed by atoms with E-state index in [9.17, 15) is 18.3 Å². The Morgan fingerprint density at radius 3 is 2.79 bits per heavy atom. The molecule has 0 aliphatic carbocycles. The predicted octanol–water partition coefficient (Wildman–Crippen LogP) is -1.04. The topological polar surface area (TPSA) is 104 Å². The zero-order valence-corrected chi connectivity index (χ0v) is 11.8. The maximum atomic E-state index is 11.5. The minimum atomic E-state index is -3.18. The number of rotatable bonds is 7. The van der Waals surface area contributed by atoms with Crippen LogP contribution in [0.5, 0.6) is 0 Å². The van der Waals surface area contributed by atoms with Crippen LogP contribution in [0.2, 0.25) is 0 Å². The molecule has 112 valence electrons. The van der Waals surface area contributed by atoms with Gasteiger partial charge in [-0.25, -0.2) is 8.42 Å². The summed E-state index contributed by atoms with van der Waals surface area (Å²) in [5.41, 5.74) is 0. The lowest BCUT2D eigenvalue weighted by molar-refractivity contribution is -0.138. The fourth-order valence-electron chi connectivity index (χ4n) is 2.13. The van der Waals surface area contributed by atoms with Crippen molar-refractivity contribution in [1.29, 1.82) is 0 Å². The third-order valence-electron chi connectivity index (χ3n) is 3.02. The van der Waals surface area contributed by atoms with Crippen LogP contribution in [0, 0.1) is 0 Å². The van der Waals surface area contributed by atoms with Gasteiger partial charge in [0.15, 0.2) is 9.84 Å². The number of hydrogen-bond donors (Lipinski definition) is 2. The minimum absolute atomic E-state index is 0.00444. The molecule has 1 aliphatic rings. The smallest absolute Gasteiger partial charge is 0.304 e. The zero-order chi connectivity index (χ0) is 14.5. The standard InChI is InChI=1S/C11H21NO6S/c1-2-18-7-10(13)6-12-3-4-19(16,17)8-9(12)5-11(14)15/h9-10,13H,2-8H2,1H3,(H,14,15). The molecule has 0 aromatic rings. The summed E-state index contributed by atoms with van der Waals surface area (Å²) in [4.78, 5) is 12.5. The molecular formula is C11H21NO6S. The predicted molar refractivity (Wildman–Crippen MR) is 68.8 cm³/mol. The van der Waals surface area contributed by atoms with E-state index in [2.05, 4.69) is 0 Å². The Balaban J connectivity index is 2.60. The van der Waals surface area contributed by atoms with Crippen LogP contribution in [0.3, 0.4) is 0 Å². The normalized spacial score (nSPS) is 25.1. The number of carboxylic acid groups (broad SMARTS) is 1. The fraction of sp³-hybridized carbons (Fsp3) is 0.909. The van der Waals surface area contributed by atoms with Crippen LogP contribution in [0.15, 0.2) is 0 Å². The SMILES string of the molecule is CCOCC(O)CN1CCS(=O)(=O)CC1CC(=O)O. The summed E-state index contributed by atoms with van der Waals surface area (Å²) < 4.78 is 28.2. The number of ether oxygens (including phenoxy) is 1. The molecule has 1 rings (SSSR count). The summed E-state index contributed by atoms with van der Waals surface area (Å²) in [5.74, 6) is -1.20. The highest BCUT2D eigenvalue weighted by atomic mass is 32.2. The lowest BCUT2D eigenvalue weighted by atomic mass is 10.2. The first-order valence-corrected chi connectivity index (χ1v) is 8.08. The molecule has 0 spiro atoms. The molecule has 0 amide bonds. The molecule has 0 aromatic heterocycles. The average Bonchev–Trinajstić information content (AvgIpc) is 2.29. The number of aliphatic hydroxyl groups excluding tert-OH is 1. The number of aliphatic hydroxyl groups is 1. The van der Waals surface area contributed by atoms with Crippen LogP contribution < -0.4 is 0 Å². The average molecular weight is 295 g/mol. The third kappa shape index (κ3) is 5.85. The Kier molecular flexibility index (Phi) is 6.18. The van der Waals surface area contributed by atoms with Gasteiger partial charge in [-0.3, -0.25) is 9.69 Å². The third-order valence-corrected chi connectivity index (χ3v) is 4.72. The lowest BCUT2D eigenvalue weighted by Crippen LogP contribution is -2.52. The van der Waals surface area contributed by atoms with E-state index in [0.29, 0.717) is 6.61 Å². The van der Waals surface area contributed by atoms with Gasteiger partial charge in [-0.1, -0.05) is 0 Å². The van der Waals surface area contributed by atoms with Crippen LogP contribution in [0.25, 0.3) is 0 Å². The number of carboxylic acids is 1. The van der Waals surface area contributed by atoms with E-state index in [1.807, 2.05) is 6.92 Å². The summed E-state index contributed by atoms with van der Waals surface area (Å²) in [7, 11) is -3.18. The Bertz CT molecular complexity index is 396. The number of sulfone groups is 1. The van der Waals surface area contributed by atoms with Crippen molar-refractivity contribution in [2.75, 3.05) is 37.8 Å². The monoisotopic (exact) mass is 295 g/mol. The second kappa shape index (κ2) is 7.18. The minimum Gasteiger partial charge on any atom is -0.481 e. The molecule has 1 saturated heterocycles. The molecule has 8 heteroatoms. The second-order valence-corrected chi connectivity index (χ2v) is 6.90. The highest BCUT2D eigenvalue weighted by molar-refractivity contribution is 7.91. The van der Waals surface area contributed by atoms with E-state index < -0.39 is 28.0 Å². The summed E-state index contributed by atoms with van der Waals surface area (Å²) in [5, 5.41) is 18.6. The van der Waals surface area contributed by atoms with Crippen LogP contribution in [0.1, 0.15) is 13.3 Å². The van der Waals surface area contributed by atoms with Crippen molar-refractivity contribution in [3.63, 3.8) is 0 Å². The van der Waals surface area contributed by atoms with Crippen molar-refractivity contribution in [2.45, 2.75) is 25.5 Å². The van der Waals surface area contributed by atoms with E-state index in [0.717, 1.165) is 0 Å². The molecule has 2 unspecified atom stereocenters. The molecular weight excluding hydrogens is 274 g/mol. The molecule has 1 aliphatic heterocycles. The fourth-order valence-corrected chi connectivity index (χ4v) is 3.72. The van der Waals surface area contributed by atoms with Gasteiger partial charge in [0, 0.05) is 25.7 Å². The second-order valence-electron chi connectivity index (χ2n) is 4.67. The molecule has 0 radical (unpaired) electrons. The Morgan fingerprint density at radius 2 is 2.21 bits per heavy atom. The zero-order valence-electron chi connectivity index (χ0n) is 11.0.